The van der Waals surface area contributed by atoms with E-state index in [9.17, 15) is 13.2 Å². The molecule has 0 aliphatic rings. The number of alkyl halides is 3. The van der Waals surface area contributed by atoms with Crippen molar-refractivity contribution in [3.63, 3.8) is 0 Å². The lowest BCUT2D eigenvalue weighted by molar-refractivity contribution is -0.143. The molecule has 0 saturated heterocycles. The van der Waals surface area contributed by atoms with E-state index in [-0.39, 0.29) is 5.82 Å². The van der Waals surface area contributed by atoms with E-state index in [1.165, 1.54) is 23.7 Å². The first-order chi connectivity index (χ1) is 12.8. The zero-order chi connectivity index (χ0) is 19.2. The summed E-state index contributed by atoms with van der Waals surface area (Å²) in [6.07, 6.45) is 0.489. The van der Waals surface area contributed by atoms with E-state index in [2.05, 4.69) is 20.0 Å². The predicted molar refractivity (Wildman–Crippen MR) is 95.5 cm³/mol. The molecule has 0 aliphatic heterocycles. The van der Waals surface area contributed by atoms with Crippen molar-refractivity contribution in [1.29, 1.82) is 0 Å². The van der Waals surface area contributed by atoms with Gasteiger partial charge in [-0.15, -0.1) is 0 Å². The monoisotopic (exact) mass is 393 g/mol. The molecule has 140 valence electrons. The van der Waals surface area contributed by atoms with E-state index in [1.807, 2.05) is 25.2 Å². The number of hydrogen-bond donors (Lipinski definition) is 1. The number of rotatable bonds is 4. The molecule has 0 atom stereocenters. The highest BCUT2D eigenvalue weighted by molar-refractivity contribution is 8.00. The molecular weight excluding hydrogens is 379 g/mol. The summed E-state index contributed by atoms with van der Waals surface area (Å²) in [5.41, 5.74) is 1.00. The normalized spacial score (nSPS) is 12.0. The van der Waals surface area contributed by atoms with E-state index >= 15 is 0 Å². The van der Waals surface area contributed by atoms with Gasteiger partial charge in [-0.25, -0.2) is 4.68 Å². The number of nitrogens with zero attached hydrogens (tertiary/aromatic N) is 6. The maximum absolute atomic E-state index is 12.9. The van der Waals surface area contributed by atoms with Gasteiger partial charge in [-0.3, -0.25) is 9.36 Å². The average Bonchev–Trinajstić information content (AvgIpc) is 3.31. The molecule has 3 aromatic heterocycles. The smallest absolute Gasteiger partial charge is 0.324 e. The fourth-order valence-corrected chi connectivity index (χ4v) is 3.39. The number of fused-ring (bicyclic) bond motifs is 1. The van der Waals surface area contributed by atoms with Crippen LogP contribution in [0.15, 0.2) is 47.8 Å². The zero-order valence-electron chi connectivity index (χ0n) is 14.3. The van der Waals surface area contributed by atoms with E-state index < -0.39 is 11.9 Å². The van der Waals surface area contributed by atoms with Gasteiger partial charge in [-0.05, 0) is 18.0 Å². The summed E-state index contributed by atoms with van der Waals surface area (Å²) in [5, 5.41) is 13.2. The van der Waals surface area contributed by atoms with Gasteiger partial charge in [0.1, 0.15) is 5.69 Å². The third-order valence-corrected chi connectivity index (χ3v) is 4.76. The average molecular weight is 393 g/mol. The van der Waals surface area contributed by atoms with Crippen molar-refractivity contribution in [2.45, 2.75) is 11.1 Å². The molecule has 27 heavy (non-hydrogen) atoms. The molecule has 0 radical (unpaired) electrons. The van der Waals surface area contributed by atoms with Gasteiger partial charge in [0.2, 0.25) is 0 Å². The van der Waals surface area contributed by atoms with Gasteiger partial charge < -0.3 is 4.72 Å². The topological polar surface area (TPSA) is 65.5 Å². The largest absolute Gasteiger partial charge is 0.433 e. The van der Waals surface area contributed by atoms with Crippen molar-refractivity contribution in [1.82, 2.24) is 29.3 Å². The Bertz CT molecular complexity index is 1110. The number of hydrogen-bond acceptors (Lipinski definition) is 5. The molecule has 1 aromatic carbocycles. The van der Waals surface area contributed by atoms with Crippen LogP contribution < -0.4 is 4.72 Å². The lowest BCUT2D eigenvalue weighted by Crippen LogP contribution is -2.11. The van der Waals surface area contributed by atoms with E-state index in [0.717, 1.165) is 32.2 Å². The first-order valence-electron chi connectivity index (χ1n) is 7.83. The third kappa shape index (κ3) is 3.25. The molecule has 4 rings (SSSR count). The quantitative estimate of drug-likeness (QED) is 0.537. The van der Waals surface area contributed by atoms with Crippen molar-refractivity contribution in [3.8, 4) is 5.82 Å². The minimum Gasteiger partial charge on any atom is -0.324 e. The van der Waals surface area contributed by atoms with Gasteiger partial charge in [0.05, 0.1) is 28.5 Å². The molecule has 0 bridgehead atoms. The molecule has 0 spiro atoms. The van der Waals surface area contributed by atoms with Crippen LogP contribution in [0.4, 0.5) is 18.9 Å². The first-order valence-corrected chi connectivity index (χ1v) is 8.64. The fraction of sp³-hybridized carbons (Fsp3) is 0.188. The number of aryl methyl sites for hydroxylation is 2. The summed E-state index contributed by atoms with van der Waals surface area (Å²) >= 11 is 1.30. The summed E-state index contributed by atoms with van der Waals surface area (Å²) < 4.78 is 45.9. The molecule has 7 nitrogen and oxygen atoms in total. The summed E-state index contributed by atoms with van der Waals surface area (Å²) in [6.45, 7) is 0. The number of aromatic nitrogens is 6. The lowest BCUT2D eigenvalue weighted by atomic mass is 10.2. The minimum atomic E-state index is -4.46. The number of nitrogens with one attached hydrogen (secondary N) is 1. The standard InChI is InChI=1S/C16H14F3N7S/c1-24-13(16(17,18)19)6-14(22-24)26-9-11(8-21-26)27-23-12-5-3-4-10-7-20-25(2)15(10)12/h3-9,23H,1-2H3. The number of benzene rings is 1. The molecule has 0 unspecified atom stereocenters. The molecule has 11 heteroatoms. The number of halogens is 3. The van der Waals surface area contributed by atoms with Crippen LogP contribution in [0.25, 0.3) is 16.7 Å². The van der Waals surface area contributed by atoms with E-state index in [4.69, 9.17) is 0 Å². The molecular formula is C16H14F3N7S. The Labute approximate surface area is 155 Å². The SMILES string of the molecule is Cn1nc(-n2cc(SNc3cccc4cnn(C)c34)cn2)cc1C(F)(F)F. The molecule has 0 aliphatic carbocycles. The second-order valence-electron chi connectivity index (χ2n) is 5.85. The summed E-state index contributed by atoms with van der Waals surface area (Å²) in [4.78, 5) is 0.730. The summed E-state index contributed by atoms with van der Waals surface area (Å²) in [5.74, 6) is 0.102. The Morgan fingerprint density at radius 1 is 1.07 bits per heavy atom. The van der Waals surface area contributed by atoms with Gasteiger partial charge in [-0.2, -0.15) is 28.5 Å². The molecule has 0 saturated carbocycles. The van der Waals surface area contributed by atoms with Crippen LogP contribution in [-0.4, -0.2) is 29.3 Å². The minimum absolute atomic E-state index is 0.102. The van der Waals surface area contributed by atoms with Crippen LogP contribution >= 0.6 is 11.9 Å². The van der Waals surface area contributed by atoms with Crippen LogP contribution in [0, 0.1) is 0 Å². The number of anilines is 1. The Kier molecular flexibility index (Phi) is 4.10. The molecule has 0 amide bonds. The van der Waals surface area contributed by atoms with Crippen molar-refractivity contribution >= 4 is 28.5 Å². The second kappa shape index (κ2) is 6.34. The van der Waals surface area contributed by atoms with Gasteiger partial charge in [0, 0.05) is 31.7 Å². The third-order valence-electron chi connectivity index (χ3n) is 3.99. The van der Waals surface area contributed by atoms with Gasteiger partial charge in [0.15, 0.2) is 5.82 Å². The highest BCUT2D eigenvalue weighted by atomic mass is 32.2. The van der Waals surface area contributed by atoms with E-state index in [1.54, 1.807) is 23.3 Å². The molecule has 1 N–H and O–H groups in total. The highest BCUT2D eigenvalue weighted by Gasteiger charge is 2.35. The van der Waals surface area contributed by atoms with Gasteiger partial charge in [0.25, 0.3) is 0 Å². The van der Waals surface area contributed by atoms with Crippen molar-refractivity contribution in [2.24, 2.45) is 14.1 Å². The summed E-state index contributed by atoms with van der Waals surface area (Å²) in [6, 6.07) is 6.78. The van der Waals surface area contributed by atoms with Gasteiger partial charge >= 0.3 is 6.18 Å². The van der Waals surface area contributed by atoms with Crippen LogP contribution in [0.1, 0.15) is 5.69 Å². The van der Waals surface area contributed by atoms with Crippen LogP contribution in [-0.2, 0) is 20.3 Å². The highest BCUT2D eigenvalue weighted by Crippen LogP contribution is 2.31. The maximum Gasteiger partial charge on any atom is 0.433 e. The van der Waals surface area contributed by atoms with Gasteiger partial charge in [-0.1, -0.05) is 12.1 Å². The Hall–Kier alpha value is -2.95. The Balaban J connectivity index is 1.54. The predicted octanol–water partition coefficient (Wildman–Crippen LogP) is 3.63. The molecule has 0 fully saturated rings. The van der Waals surface area contributed by atoms with Crippen molar-refractivity contribution in [2.75, 3.05) is 4.72 Å². The fourth-order valence-electron chi connectivity index (χ4n) is 2.74. The Morgan fingerprint density at radius 3 is 2.63 bits per heavy atom. The van der Waals surface area contributed by atoms with Crippen molar-refractivity contribution in [3.05, 3.63) is 48.5 Å². The molecule has 4 aromatic rings. The van der Waals surface area contributed by atoms with Crippen molar-refractivity contribution < 1.29 is 13.2 Å². The van der Waals surface area contributed by atoms with Crippen LogP contribution in [0.3, 0.4) is 0 Å². The van der Waals surface area contributed by atoms with Crippen LogP contribution in [0.5, 0.6) is 0 Å². The zero-order valence-corrected chi connectivity index (χ0v) is 15.1. The lowest BCUT2D eigenvalue weighted by Gasteiger charge is -2.06. The molecule has 3 heterocycles. The second-order valence-corrected chi connectivity index (χ2v) is 6.73. The summed E-state index contributed by atoms with van der Waals surface area (Å²) in [7, 11) is 3.11. The van der Waals surface area contributed by atoms with E-state index in [0.29, 0.717) is 0 Å². The maximum atomic E-state index is 12.9. The Morgan fingerprint density at radius 2 is 1.89 bits per heavy atom. The number of para-hydroxylation sites is 1. The van der Waals surface area contributed by atoms with Crippen LogP contribution in [0.2, 0.25) is 0 Å². The first kappa shape index (κ1) is 17.5.